The molecule has 0 aliphatic carbocycles. The van der Waals surface area contributed by atoms with Crippen molar-refractivity contribution in [1.29, 1.82) is 0 Å². The maximum absolute atomic E-state index is 12.5. The summed E-state index contributed by atoms with van der Waals surface area (Å²) in [5, 5.41) is 10.5. The van der Waals surface area contributed by atoms with Gasteiger partial charge >= 0.3 is 0 Å². The molecule has 0 unspecified atom stereocenters. The number of aliphatic hydroxyl groups excluding tert-OH is 1. The van der Waals surface area contributed by atoms with E-state index in [4.69, 9.17) is 0 Å². The van der Waals surface area contributed by atoms with Crippen LogP contribution in [0.2, 0.25) is 0 Å². The van der Waals surface area contributed by atoms with Crippen LogP contribution < -0.4 is 0 Å². The van der Waals surface area contributed by atoms with Crippen molar-refractivity contribution in [2.45, 2.75) is 25.9 Å². The number of aromatic nitrogens is 1. The second kappa shape index (κ2) is 6.59. The van der Waals surface area contributed by atoms with Gasteiger partial charge in [0.25, 0.3) is 5.91 Å². The lowest BCUT2D eigenvalue weighted by Crippen LogP contribution is -2.47. The average molecular weight is 312 g/mol. The molecule has 0 radical (unpaired) electrons. The molecule has 0 spiro atoms. The van der Waals surface area contributed by atoms with Crippen molar-refractivity contribution in [3.8, 4) is 0 Å². The van der Waals surface area contributed by atoms with Crippen molar-refractivity contribution in [2.75, 3.05) is 13.1 Å². The maximum atomic E-state index is 12.5. The molecule has 1 aliphatic rings. The molecule has 1 fully saturated rings. The molecule has 2 aromatic rings. The number of carbonyl (C=O) groups excluding carboxylic acids is 1. The Morgan fingerprint density at radius 2 is 2.04 bits per heavy atom. The highest BCUT2D eigenvalue weighted by atomic mass is 16.3. The number of rotatable bonds is 3. The number of benzene rings is 1. The molecule has 122 valence electrons. The van der Waals surface area contributed by atoms with Crippen molar-refractivity contribution in [2.24, 2.45) is 13.0 Å². The van der Waals surface area contributed by atoms with Crippen LogP contribution in [-0.4, -0.2) is 39.7 Å². The summed E-state index contributed by atoms with van der Waals surface area (Å²) in [4.78, 5) is 14.3. The third-order valence-electron chi connectivity index (χ3n) is 4.91. The van der Waals surface area contributed by atoms with E-state index >= 15 is 0 Å². The van der Waals surface area contributed by atoms with E-state index in [1.54, 1.807) is 4.90 Å². The number of aryl methyl sites for hydroxylation is 2. The van der Waals surface area contributed by atoms with Gasteiger partial charge in [-0.1, -0.05) is 24.3 Å². The standard InChI is InChI=1S/C19H24N2O2/c1-14-6-3-4-7-15(14)12-16-9-11-21(13-18(16)22)19(23)17-8-5-10-20(17)2/h3-8,10,16,18,22H,9,11-13H2,1-2H3/t16-,18-/m1/s1. The molecule has 0 bridgehead atoms. The third-order valence-corrected chi connectivity index (χ3v) is 4.91. The first-order valence-electron chi connectivity index (χ1n) is 8.19. The lowest BCUT2D eigenvalue weighted by atomic mass is 9.86. The Morgan fingerprint density at radius 1 is 1.26 bits per heavy atom. The molecule has 1 aromatic carbocycles. The highest BCUT2D eigenvalue weighted by Crippen LogP contribution is 2.24. The van der Waals surface area contributed by atoms with E-state index in [1.807, 2.05) is 42.1 Å². The quantitative estimate of drug-likeness (QED) is 0.946. The van der Waals surface area contributed by atoms with Crippen molar-refractivity contribution >= 4 is 5.91 Å². The van der Waals surface area contributed by atoms with Gasteiger partial charge in [0.05, 0.1) is 6.10 Å². The van der Waals surface area contributed by atoms with Gasteiger partial charge < -0.3 is 14.6 Å². The van der Waals surface area contributed by atoms with E-state index in [-0.39, 0.29) is 11.8 Å². The number of hydrogen-bond donors (Lipinski definition) is 1. The predicted molar refractivity (Wildman–Crippen MR) is 90.3 cm³/mol. The van der Waals surface area contributed by atoms with Crippen LogP contribution in [-0.2, 0) is 13.5 Å². The lowest BCUT2D eigenvalue weighted by Gasteiger charge is -2.36. The zero-order valence-corrected chi connectivity index (χ0v) is 13.8. The molecule has 2 heterocycles. The van der Waals surface area contributed by atoms with Crippen LogP contribution in [0.1, 0.15) is 28.0 Å². The van der Waals surface area contributed by atoms with Crippen molar-refractivity contribution in [1.82, 2.24) is 9.47 Å². The Labute approximate surface area is 137 Å². The first-order chi connectivity index (χ1) is 11.1. The van der Waals surface area contributed by atoms with Crippen LogP contribution in [0.25, 0.3) is 0 Å². The summed E-state index contributed by atoms with van der Waals surface area (Å²) in [5.41, 5.74) is 3.23. The molecule has 1 amide bonds. The van der Waals surface area contributed by atoms with E-state index in [0.29, 0.717) is 18.8 Å². The Kier molecular flexibility index (Phi) is 4.53. The molecular weight excluding hydrogens is 288 g/mol. The number of aliphatic hydroxyl groups is 1. The highest BCUT2D eigenvalue weighted by Gasteiger charge is 2.31. The molecule has 4 nitrogen and oxygen atoms in total. The fourth-order valence-electron chi connectivity index (χ4n) is 3.37. The molecule has 1 saturated heterocycles. The number of hydrogen-bond acceptors (Lipinski definition) is 2. The molecule has 2 atom stereocenters. The monoisotopic (exact) mass is 312 g/mol. The van der Waals surface area contributed by atoms with Gasteiger partial charge in [-0.3, -0.25) is 4.79 Å². The van der Waals surface area contributed by atoms with Crippen LogP contribution in [0.3, 0.4) is 0 Å². The van der Waals surface area contributed by atoms with Gasteiger partial charge in [0, 0.05) is 26.3 Å². The van der Waals surface area contributed by atoms with Crippen molar-refractivity contribution in [3.63, 3.8) is 0 Å². The number of amides is 1. The molecule has 3 rings (SSSR count). The Balaban J connectivity index is 1.65. The average Bonchev–Trinajstić information content (AvgIpc) is 2.96. The maximum Gasteiger partial charge on any atom is 0.270 e. The number of carbonyl (C=O) groups is 1. The third kappa shape index (κ3) is 3.32. The van der Waals surface area contributed by atoms with Gasteiger partial charge in [-0.2, -0.15) is 0 Å². The van der Waals surface area contributed by atoms with Crippen molar-refractivity contribution in [3.05, 3.63) is 59.4 Å². The molecule has 23 heavy (non-hydrogen) atoms. The largest absolute Gasteiger partial charge is 0.391 e. The van der Waals surface area contributed by atoms with E-state index in [0.717, 1.165) is 12.8 Å². The molecule has 1 N–H and O–H groups in total. The van der Waals surface area contributed by atoms with Crippen LogP contribution in [0.4, 0.5) is 0 Å². The van der Waals surface area contributed by atoms with Crippen LogP contribution in [0.5, 0.6) is 0 Å². The summed E-state index contributed by atoms with van der Waals surface area (Å²) < 4.78 is 1.83. The molecule has 4 heteroatoms. The molecule has 1 aromatic heterocycles. The Morgan fingerprint density at radius 3 is 2.70 bits per heavy atom. The molecule has 1 aliphatic heterocycles. The van der Waals surface area contributed by atoms with E-state index in [9.17, 15) is 9.90 Å². The number of nitrogens with zero attached hydrogens (tertiary/aromatic N) is 2. The minimum Gasteiger partial charge on any atom is -0.391 e. The van der Waals surface area contributed by atoms with Gasteiger partial charge in [-0.25, -0.2) is 0 Å². The van der Waals surface area contributed by atoms with Gasteiger partial charge in [-0.15, -0.1) is 0 Å². The van der Waals surface area contributed by atoms with Gasteiger partial charge in [0.15, 0.2) is 0 Å². The minimum absolute atomic E-state index is 0.00546. The second-order valence-electron chi connectivity index (χ2n) is 6.50. The fourth-order valence-corrected chi connectivity index (χ4v) is 3.37. The number of piperidine rings is 1. The van der Waals surface area contributed by atoms with Crippen LogP contribution >= 0.6 is 0 Å². The highest BCUT2D eigenvalue weighted by molar-refractivity contribution is 5.92. The fraction of sp³-hybridized carbons (Fsp3) is 0.421. The summed E-state index contributed by atoms with van der Waals surface area (Å²) in [5.74, 6) is 0.222. The predicted octanol–water partition coefficient (Wildman–Crippen LogP) is 2.40. The number of β-amino-alcohol motifs (C(OH)–C–C–N with tert-alkyl or cyclic N) is 1. The summed E-state index contributed by atoms with van der Waals surface area (Å²) >= 11 is 0. The SMILES string of the molecule is Cc1ccccc1C[C@H]1CCN(C(=O)c2cccn2C)C[C@H]1O. The van der Waals surface area contributed by atoms with E-state index in [2.05, 4.69) is 19.1 Å². The molecule has 0 saturated carbocycles. The smallest absolute Gasteiger partial charge is 0.270 e. The van der Waals surface area contributed by atoms with Crippen molar-refractivity contribution < 1.29 is 9.90 Å². The lowest BCUT2D eigenvalue weighted by molar-refractivity contribution is 0.0192. The topological polar surface area (TPSA) is 45.5 Å². The van der Waals surface area contributed by atoms with Gasteiger partial charge in [-0.05, 0) is 48.9 Å². The normalized spacial score (nSPS) is 21.4. The van der Waals surface area contributed by atoms with Crippen LogP contribution in [0.15, 0.2) is 42.6 Å². The van der Waals surface area contributed by atoms with Gasteiger partial charge in [0.2, 0.25) is 0 Å². The first kappa shape index (κ1) is 15.8. The summed E-state index contributed by atoms with van der Waals surface area (Å²) in [7, 11) is 1.87. The van der Waals surface area contributed by atoms with Crippen LogP contribution in [0, 0.1) is 12.8 Å². The second-order valence-corrected chi connectivity index (χ2v) is 6.50. The zero-order chi connectivity index (χ0) is 16.4. The number of likely N-dealkylation sites (tertiary alicyclic amines) is 1. The molecular formula is C19H24N2O2. The summed E-state index contributed by atoms with van der Waals surface area (Å²) in [6, 6.07) is 12.0. The Hall–Kier alpha value is -2.07. The summed E-state index contributed by atoms with van der Waals surface area (Å²) in [6.45, 7) is 3.23. The van der Waals surface area contributed by atoms with E-state index in [1.165, 1.54) is 11.1 Å². The minimum atomic E-state index is -0.465. The first-order valence-corrected chi connectivity index (χ1v) is 8.19. The summed E-state index contributed by atoms with van der Waals surface area (Å²) in [6.07, 6.45) is 3.12. The van der Waals surface area contributed by atoms with E-state index < -0.39 is 6.10 Å². The van der Waals surface area contributed by atoms with Gasteiger partial charge in [0.1, 0.15) is 5.69 Å². The Bertz CT molecular complexity index is 692. The zero-order valence-electron chi connectivity index (χ0n) is 13.8.